The lowest BCUT2D eigenvalue weighted by Crippen LogP contribution is -2.22. The van der Waals surface area contributed by atoms with E-state index in [1.165, 1.54) is 12.5 Å². The zero-order valence-corrected chi connectivity index (χ0v) is 10.2. The highest BCUT2D eigenvalue weighted by Gasteiger charge is 2.14. The Balaban J connectivity index is 2.19. The molecule has 1 rings (SSSR count). The molecule has 15 heavy (non-hydrogen) atoms. The van der Waals surface area contributed by atoms with E-state index in [1.807, 2.05) is 0 Å². The van der Waals surface area contributed by atoms with Crippen molar-refractivity contribution in [3.63, 3.8) is 0 Å². The molecule has 0 unspecified atom stereocenters. The Morgan fingerprint density at radius 1 is 1.53 bits per heavy atom. The van der Waals surface area contributed by atoms with Gasteiger partial charge in [0.1, 0.15) is 5.69 Å². The summed E-state index contributed by atoms with van der Waals surface area (Å²) < 4.78 is 0. The van der Waals surface area contributed by atoms with Gasteiger partial charge in [0, 0.05) is 8.07 Å². The maximum atomic E-state index is 11.2. The van der Waals surface area contributed by atoms with Crippen molar-refractivity contribution in [2.24, 2.45) is 0 Å². The Kier molecular flexibility index (Phi) is 4.04. The second-order valence-electron chi connectivity index (χ2n) is 4.47. The van der Waals surface area contributed by atoms with E-state index in [4.69, 9.17) is 4.89 Å². The van der Waals surface area contributed by atoms with Crippen molar-refractivity contribution < 1.29 is 14.6 Å². The monoisotopic (exact) mass is 228 g/mol. The van der Waals surface area contributed by atoms with Crippen LogP contribution < -0.4 is 0 Å². The molecule has 0 saturated heterocycles. The Hall–Kier alpha value is -1.14. The number of aromatic amines is 1. The van der Waals surface area contributed by atoms with Crippen LogP contribution in [-0.4, -0.2) is 30.6 Å². The van der Waals surface area contributed by atoms with E-state index in [2.05, 4.69) is 34.5 Å². The number of rotatable bonds is 5. The van der Waals surface area contributed by atoms with Crippen LogP contribution in [0.4, 0.5) is 0 Å². The highest BCUT2D eigenvalue weighted by Crippen LogP contribution is 2.08. The minimum atomic E-state index is -1.13. The van der Waals surface area contributed by atoms with Gasteiger partial charge in [0.2, 0.25) is 0 Å². The minimum Gasteiger partial charge on any atom is -0.339 e. The average molecular weight is 228 g/mol. The van der Waals surface area contributed by atoms with Crippen LogP contribution in [0.5, 0.6) is 0 Å². The van der Waals surface area contributed by atoms with Gasteiger partial charge < -0.3 is 4.98 Å². The molecule has 1 aromatic heterocycles. The summed E-state index contributed by atoms with van der Waals surface area (Å²) in [7, 11) is -1.13. The lowest BCUT2D eigenvalue weighted by Gasteiger charge is -2.14. The third-order valence-electron chi connectivity index (χ3n) is 1.79. The number of imidazole rings is 1. The van der Waals surface area contributed by atoms with E-state index in [1.54, 1.807) is 0 Å². The Bertz CT molecular complexity index is 306. The highest BCUT2D eigenvalue weighted by atomic mass is 28.3. The maximum Gasteiger partial charge on any atom is 0.390 e. The topological polar surface area (TPSA) is 64.2 Å². The summed E-state index contributed by atoms with van der Waals surface area (Å²) in [5.74, 6) is -0.539. The molecule has 0 amide bonds. The van der Waals surface area contributed by atoms with Crippen molar-refractivity contribution in [3.8, 4) is 0 Å². The molecule has 1 aromatic rings. The summed E-state index contributed by atoms with van der Waals surface area (Å²) in [5.41, 5.74) is 0.294. The van der Waals surface area contributed by atoms with Crippen molar-refractivity contribution in [1.29, 1.82) is 0 Å². The van der Waals surface area contributed by atoms with Crippen molar-refractivity contribution >= 4 is 14.0 Å². The first kappa shape index (κ1) is 11.9. The first-order chi connectivity index (χ1) is 6.99. The number of aromatic nitrogens is 2. The fraction of sp³-hybridized carbons (Fsp3) is 0.556. The summed E-state index contributed by atoms with van der Waals surface area (Å²) in [6.45, 7) is 7.14. The predicted octanol–water partition coefficient (Wildman–Crippen LogP) is 1.84. The van der Waals surface area contributed by atoms with Gasteiger partial charge in [-0.1, -0.05) is 19.6 Å². The van der Waals surface area contributed by atoms with E-state index >= 15 is 0 Å². The molecule has 6 heteroatoms. The summed E-state index contributed by atoms with van der Waals surface area (Å²) >= 11 is 0. The molecule has 1 N–H and O–H groups in total. The summed E-state index contributed by atoms with van der Waals surface area (Å²) in [6, 6.07) is 0.962. The quantitative estimate of drug-likeness (QED) is 0.361. The van der Waals surface area contributed by atoms with Gasteiger partial charge >= 0.3 is 5.97 Å². The number of nitrogens with one attached hydrogen (secondary N) is 1. The van der Waals surface area contributed by atoms with Crippen LogP contribution >= 0.6 is 0 Å². The van der Waals surface area contributed by atoms with Crippen LogP contribution in [0.1, 0.15) is 10.5 Å². The number of H-pyrrole nitrogens is 1. The van der Waals surface area contributed by atoms with Crippen molar-refractivity contribution in [2.45, 2.75) is 25.7 Å². The van der Waals surface area contributed by atoms with E-state index in [9.17, 15) is 4.79 Å². The molecule has 0 fully saturated rings. The second kappa shape index (κ2) is 5.08. The molecule has 1 heterocycles. The zero-order valence-electron chi connectivity index (χ0n) is 9.24. The standard InChI is InChI=1S/C9H16N2O3Si/c1-15(2,3)5-4-13-14-9(12)8-6-10-7-11-8/h6-7H,4-5H2,1-3H3,(H,10,11). The van der Waals surface area contributed by atoms with Gasteiger partial charge in [-0.3, -0.25) is 4.89 Å². The Morgan fingerprint density at radius 2 is 2.27 bits per heavy atom. The largest absolute Gasteiger partial charge is 0.390 e. The van der Waals surface area contributed by atoms with Gasteiger partial charge in [-0.05, 0) is 6.04 Å². The van der Waals surface area contributed by atoms with Gasteiger partial charge in [0.25, 0.3) is 0 Å². The molecular formula is C9H16N2O3Si. The van der Waals surface area contributed by atoms with Gasteiger partial charge in [-0.25, -0.2) is 9.78 Å². The van der Waals surface area contributed by atoms with E-state index < -0.39 is 14.0 Å². The third kappa shape index (κ3) is 4.75. The van der Waals surface area contributed by atoms with E-state index in [0.29, 0.717) is 12.3 Å². The van der Waals surface area contributed by atoms with E-state index in [-0.39, 0.29) is 0 Å². The molecule has 0 aliphatic rings. The lowest BCUT2D eigenvalue weighted by atomic mass is 10.5. The van der Waals surface area contributed by atoms with Crippen LogP contribution in [0.3, 0.4) is 0 Å². The van der Waals surface area contributed by atoms with Gasteiger partial charge in [0.05, 0.1) is 19.1 Å². The van der Waals surface area contributed by atoms with Crippen LogP contribution in [0.25, 0.3) is 0 Å². The van der Waals surface area contributed by atoms with Crippen molar-refractivity contribution in [2.75, 3.05) is 6.61 Å². The number of hydrogen-bond donors (Lipinski definition) is 1. The molecule has 84 valence electrons. The SMILES string of the molecule is C[Si](C)(C)CCOOC(=O)c1cnc[nH]1. The van der Waals surface area contributed by atoms with Gasteiger partial charge in [-0.2, -0.15) is 4.89 Å². The van der Waals surface area contributed by atoms with Crippen LogP contribution in [-0.2, 0) is 9.78 Å². The van der Waals surface area contributed by atoms with Crippen LogP contribution in [0, 0.1) is 0 Å². The second-order valence-corrected chi connectivity index (χ2v) is 10.1. The number of nitrogens with zero attached hydrogens (tertiary/aromatic N) is 1. The maximum absolute atomic E-state index is 11.2. The van der Waals surface area contributed by atoms with Crippen LogP contribution in [0.2, 0.25) is 25.7 Å². The summed E-state index contributed by atoms with van der Waals surface area (Å²) in [6.07, 6.45) is 2.81. The number of carbonyl (C=O) groups is 1. The van der Waals surface area contributed by atoms with Crippen molar-refractivity contribution in [1.82, 2.24) is 9.97 Å². The summed E-state index contributed by atoms with van der Waals surface area (Å²) in [4.78, 5) is 27.0. The molecule has 0 saturated carbocycles. The molecule has 0 atom stereocenters. The molecule has 0 aromatic carbocycles. The smallest absolute Gasteiger partial charge is 0.339 e. The Morgan fingerprint density at radius 3 is 2.80 bits per heavy atom. The van der Waals surface area contributed by atoms with Gasteiger partial charge in [-0.15, -0.1) is 0 Å². The molecule has 0 aliphatic carbocycles. The average Bonchev–Trinajstić information content (AvgIpc) is 2.63. The normalized spacial score (nSPS) is 11.4. The number of carbonyl (C=O) groups excluding carboxylic acids is 1. The molecule has 0 radical (unpaired) electrons. The fourth-order valence-electron chi connectivity index (χ4n) is 0.855. The first-order valence-electron chi connectivity index (χ1n) is 4.81. The molecule has 5 nitrogen and oxygen atoms in total. The fourth-order valence-corrected chi connectivity index (χ4v) is 1.55. The molecule has 0 bridgehead atoms. The predicted molar refractivity (Wildman–Crippen MR) is 58.1 cm³/mol. The molecule has 0 spiro atoms. The van der Waals surface area contributed by atoms with Gasteiger partial charge in [0.15, 0.2) is 0 Å². The third-order valence-corrected chi connectivity index (χ3v) is 3.49. The highest BCUT2D eigenvalue weighted by molar-refractivity contribution is 6.76. The molecular weight excluding hydrogens is 212 g/mol. The minimum absolute atomic E-state index is 0.294. The van der Waals surface area contributed by atoms with E-state index in [0.717, 1.165) is 6.04 Å². The van der Waals surface area contributed by atoms with Crippen LogP contribution in [0.15, 0.2) is 12.5 Å². The number of hydrogen-bond acceptors (Lipinski definition) is 4. The zero-order chi connectivity index (χ0) is 11.3. The van der Waals surface area contributed by atoms with Crippen molar-refractivity contribution in [3.05, 3.63) is 18.2 Å². The summed E-state index contributed by atoms with van der Waals surface area (Å²) in [5, 5.41) is 0. The lowest BCUT2D eigenvalue weighted by molar-refractivity contribution is -0.237. The first-order valence-corrected chi connectivity index (χ1v) is 8.52. The Labute approximate surface area is 89.7 Å². The molecule has 0 aliphatic heterocycles.